The van der Waals surface area contributed by atoms with Gasteiger partial charge in [0.15, 0.2) is 0 Å². The molecule has 0 atom stereocenters. The van der Waals surface area contributed by atoms with Crippen molar-refractivity contribution in [1.82, 2.24) is 9.97 Å². The van der Waals surface area contributed by atoms with Crippen LogP contribution in [-0.4, -0.2) is 35.5 Å². The number of pyridine rings is 2. The summed E-state index contributed by atoms with van der Waals surface area (Å²) in [5.74, 6) is -0.198. The summed E-state index contributed by atoms with van der Waals surface area (Å²) in [7, 11) is 0. The van der Waals surface area contributed by atoms with Crippen LogP contribution in [0.25, 0.3) is 0 Å². The molecule has 2 aromatic rings. The molecule has 0 saturated carbocycles. The molecule has 0 aliphatic rings. The van der Waals surface area contributed by atoms with E-state index in [1.54, 1.807) is 13.8 Å². The van der Waals surface area contributed by atoms with Crippen LogP contribution in [0.15, 0.2) is 6.20 Å². The standard InChI is InChI=1S/C16H20N2O5.2ClH/c1-8-15(22)11(10(5-19)4-17-8)3-14-12(6-20)13(7-21)16(23)9(2)18-14;;/h4,19-23H,3,5-7H2,1-2H3;2*1H. The van der Waals surface area contributed by atoms with Gasteiger partial charge in [0.2, 0.25) is 0 Å². The van der Waals surface area contributed by atoms with Crippen molar-refractivity contribution < 1.29 is 25.5 Å². The van der Waals surface area contributed by atoms with Crippen LogP contribution in [0.4, 0.5) is 0 Å². The molecule has 0 aromatic carbocycles. The summed E-state index contributed by atoms with van der Waals surface area (Å²) >= 11 is 0. The molecular formula is C16H22Cl2N2O5. The van der Waals surface area contributed by atoms with Crippen LogP contribution in [0.1, 0.15) is 39.3 Å². The Balaban J connectivity index is 0.00000288. The number of halogens is 2. The zero-order chi connectivity index (χ0) is 17.1. The smallest absolute Gasteiger partial charge is 0.142 e. The van der Waals surface area contributed by atoms with Crippen molar-refractivity contribution in [3.8, 4) is 11.5 Å². The number of aromatic hydroxyl groups is 2. The second-order valence-corrected chi connectivity index (χ2v) is 5.30. The van der Waals surface area contributed by atoms with Crippen LogP contribution in [0.5, 0.6) is 11.5 Å². The van der Waals surface area contributed by atoms with Crippen molar-refractivity contribution in [1.29, 1.82) is 0 Å². The Morgan fingerprint density at radius 1 is 0.800 bits per heavy atom. The molecule has 2 rings (SSSR count). The fraction of sp³-hybridized carbons (Fsp3) is 0.375. The lowest BCUT2D eigenvalue weighted by Crippen LogP contribution is -2.09. The molecule has 5 N–H and O–H groups in total. The van der Waals surface area contributed by atoms with Crippen LogP contribution in [0.3, 0.4) is 0 Å². The maximum absolute atomic E-state index is 10.2. The van der Waals surface area contributed by atoms with Crippen LogP contribution in [-0.2, 0) is 26.2 Å². The SMILES string of the molecule is Cc1ncc(CO)c(Cc2nc(C)c(O)c(CO)c2CO)c1O.Cl.Cl. The summed E-state index contributed by atoms with van der Waals surface area (Å²) in [5, 5.41) is 48.7. The Bertz CT molecular complexity index is 741. The van der Waals surface area contributed by atoms with E-state index in [2.05, 4.69) is 9.97 Å². The molecule has 25 heavy (non-hydrogen) atoms. The zero-order valence-electron chi connectivity index (χ0n) is 13.9. The van der Waals surface area contributed by atoms with Gasteiger partial charge in [0.05, 0.1) is 36.9 Å². The number of hydrogen-bond acceptors (Lipinski definition) is 7. The largest absolute Gasteiger partial charge is 0.506 e. The topological polar surface area (TPSA) is 127 Å². The van der Waals surface area contributed by atoms with Gasteiger partial charge in [-0.2, -0.15) is 0 Å². The number of aryl methyl sites for hydroxylation is 2. The summed E-state index contributed by atoms with van der Waals surface area (Å²) < 4.78 is 0. The third kappa shape index (κ3) is 4.50. The second-order valence-electron chi connectivity index (χ2n) is 5.30. The Morgan fingerprint density at radius 3 is 1.88 bits per heavy atom. The molecule has 0 unspecified atom stereocenters. The maximum Gasteiger partial charge on any atom is 0.142 e. The van der Waals surface area contributed by atoms with E-state index in [1.807, 2.05) is 0 Å². The van der Waals surface area contributed by atoms with E-state index in [4.69, 9.17) is 0 Å². The molecule has 2 aromatic heterocycles. The van der Waals surface area contributed by atoms with Crippen LogP contribution >= 0.6 is 24.8 Å². The molecule has 140 valence electrons. The van der Waals surface area contributed by atoms with E-state index < -0.39 is 13.2 Å². The average Bonchev–Trinajstić information content (AvgIpc) is 2.54. The lowest BCUT2D eigenvalue weighted by atomic mass is 9.97. The Labute approximate surface area is 157 Å². The number of aliphatic hydroxyl groups is 3. The summed E-state index contributed by atoms with van der Waals surface area (Å²) in [5.41, 5.74) is 2.59. The molecule has 0 radical (unpaired) electrons. The summed E-state index contributed by atoms with van der Waals surface area (Å²) in [4.78, 5) is 8.26. The number of nitrogens with zero attached hydrogens (tertiary/aromatic N) is 2. The van der Waals surface area contributed by atoms with Crippen molar-refractivity contribution in [2.45, 2.75) is 40.1 Å². The second kappa shape index (κ2) is 9.74. The average molecular weight is 393 g/mol. The Kier molecular flexibility index (Phi) is 9.10. The highest BCUT2D eigenvalue weighted by molar-refractivity contribution is 5.85. The highest BCUT2D eigenvalue weighted by Crippen LogP contribution is 2.31. The number of hydrogen-bond donors (Lipinski definition) is 5. The van der Waals surface area contributed by atoms with Crippen molar-refractivity contribution in [3.63, 3.8) is 0 Å². The van der Waals surface area contributed by atoms with E-state index in [-0.39, 0.29) is 54.9 Å². The molecule has 0 fully saturated rings. The van der Waals surface area contributed by atoms with Gasteiger partial charge in [-0.3, -0.25) is 9.97 Å². The lowest BCUT2D eigenvalue weighted by Gasteiger charge is -2.17. The quantitative estimate of drug-likeness (QED) is 0.520. The van der Waals surface area contributed by atoms with E-state index >= 15 is 0 Å². The van der Waals surface area contributed by atoms with E-state index in [9.17, 15) is 25.5 Å². The summed E-state index contributed by atoms with van der Waals surface area (Å²) in [6.07, 6.45) is 1.61. The number of aromatic nitrogens is 2. The molecule has 2 heterocycles. The minimum atomic E-state index is -0.438. The third-order valence-electron chi connectivity index (χ3n) is 3.90. The highest BCUT2D eigenvalue weighted by atomic mass is 35.5. The first kappa shape index (κ1) is 23.4. The molecule has 0 aliphatic heterocycles. The van der Waals surface area contributed by atoms with E-state index in [1.165, 1.54) is 6.20 Å². The highest BCUT2D eigenvalue weighted by Gasteiger charge is 2.19. The normalized spacial score (nSPS) is 10.1. The van der Waals surface area contributed by atoms with Gasteiger partial charge in [-0.25, -0.2) is 0 Å². The van der Waals surface area contributed by atoms with E-state index in [0.29, 0.717) is 33.8 Å². The van der Waals surface area contributed by atoms with Crippen LogP contribution in [0.2, 0.25) is 0 Å². The molecular weight excluding hydrogens is 371 g/mol. The van der Waals surface area contributed by atoms with E-state index in [0.717, 1.165) is 0 Å². The van der Waals surface area contributed by atoms with Gasteiger partial charge < -0.3 is 25.5 Å². The Morgan fingerprint density at radius 2 is 1.36 bits per heavy atom. The predicted molar refractivity (Wildman–Crippen MR) is 96.3 cm³/mol. The Hall–Kier alpha value is -1.64. The van der Waals surface area contributed by atoms with Gasteiger partial charge in [-0.15, -0.1) is 24.8 Å². The molecule has 0 spiro atoms. The van der Waals surface area contributed by atoms with Crippen molar-refractivity contribution in [3.05, 3.63) is 45.5 Å². The van der Waals surface area contributed by atoms with Gasteiger partial charge in [-0.1, -0.05) is 0 Å². The fourth-order valence-electron chi connectivity index (χ4n) is 2.55. The first-order valence-corrected chi connectivity index (χ1v) is 7.13. The van der Waals surface area contributed by atoms with Gasteiger partial charge in [0.1, 0.15) is 11.5 Å². The van der Waals surface area contributed by atoms with Gasteiger partial charge in [-0.05, 0) is 13.8 Å². The van der Waals surface area contributed by atoms with Crippen LogP contribution < -0.4 is 0 Å². The zero-order valence-corrected chi connectivity index (χ0v) is 15.5. The molecule has 0 amide bonds. The molecule has 0 saturated heterocycles. The van der Waals surface area contributed by atoms with Crippen molar-refractivity contribution >= 4 is 24.8 Å². The lowest BCUT2D eigenvalue weighted by molar-refractivity contribution is 0.253. The van der Waals surface area contributed by atoms with Gasteiger partial charge in [0.25, 0.3) is 0 Å². The van der Waals surface area contributed by atoms with Gasteiger partial charge in [0, 0.05) is 34.9 Å². The summed E-state index contributed by atoms with van der Waals surface area (Å²) in [6.45, 7) is 2.08. The monoisotopic (exact) mass is 392 g/mol. The molecule has 0 aliphatic carbocycles. The third-order valence-corrected chi connectivity index (χ3v) is 3.90. The maximum atomic E-state index is 10.2. The van der Waals surface area contributed by atoms with Gasteiger partial charge >= 0.3 is 0 Å². The number of aliphatic hydroxyl groups excluding tert-OH is 3. The molecule has 0 bridgehead atoms. The molecule has 7 nitrogen and oxygen atoms in total. The fourth-order valence-corrected chi connectivity index (χ4v) is 2.55. The predicted octanol–water partition coefficient (Wildman–Crippen LogP) is 1.42. The first-order chi connectivity index (χ1) is 10.9. The first-order valence-electron chi connectivity index (χ1n) is 7.13. The van der Waals surface area contributed by atoms with Crippen LogP contribution in [0, 0.1) is 13.8 Å². The number of rotatable bonds is 5. The van der Waals surface area contributed by atoms with Crippen molar-refractivity contribution in [2.75, 3.05) is 0 Å². The minimum absolute atomic E-state index is 0. The summed E-state index contributed by atoms with van der Waals surface area (Å²) in [6, 6.07) is 0. The minimum Gasteiger partial charge on any atom is -0.506 e. The molecule has 9 heteroatoms. The van der Waals surface area contributed by atoms with Crippen molar-refractivity contribution in [2.24, 2.45) is 0 Å².